The van der Waals surface area contributed by atoms with Crippen molar-refractivity contribution >= 4 is 0 Å². The van der Waals surface area contributed by atoms with Crippen LogP contribution in [0.1, 0.15) is 11.5 Å². The van der Waals surface area contributed by atoms with Gasteiger partial charge in [-0.05, 0) is 19.2 Å². The molecule has 3 heterocycles. The maximum Gasteiger partial charge on any atom is 0.169 e. The highest BCUT2D eigenvalue weighted by Crippen LogP contribution is 2.13. The van der Waals surface area contributed by atoms with Crippen molar-refractivity contribution in [3.05, 3.63) is 35.0 Å². The van der Waals surface area contributed by atoms with Crippen LogP contribution in [0.4, 0.5) is 0 Å². The zero-order valence-corrected chi connectivity index (χ0v) is 15.9. The van der Waals surface area contributed by atoms with Gasteiger partial charge in [0.05, 0.1) is 13.1 Å². The Morgan fingerprint density at radius 3 is 2.63 bits per heavy atom. The predicted molar refractivity (Wildman–Crippen MR) is 101 cm³/mol. The van der Waals surface area contributed by atoms with Gasteiger partial charge in [-0.3, -0.25) is 4.90 Å². The third-order valence-corrected chi connectivity index (χ3v) is 5.00. The molecule has 2 aliphatic rings. The SMILES string of the molecule is CN1CCN(Cc2ccc(CNCCN3CCNC3=C(C#N)C#N)o2)CC1. The summed E-state index contributed by atoms with van der Waals surface area (Å²) >= 11 is 0. The fourth-order valence-electron chi connectivity index (χ4n) is 3.39. The molecule has 2 N–H and O–H groups in total. The molecule has 2 fully saturated rings. The molecule has 1 aromatic heterocycles. The average Bonchev–Trinajstić information content (AvgIpc) is 3.32. The van der Waals surface area contributed by atoms with Gasteiger partial charge >= 0.3 is 0 Å². The highest BCUT2D eigenvalue weighted by atomic mass is 16.3. The molecule has 0 bridgehead atoms. The Hall–Kier alpha value is -2.52. The van der Waals surface area contributed by atoms with E-state index in [9.17, 15) is 0 Å². The molecular formula is C19H27N7O. The number of piperazine rings is 1. The zero-order valence-electron chi connectivity index (χ0n) is 15.9. The number of hydrogen-bond acceptors (Lipinski definition) is 8. The smallest absolute Gasteiger partial charge is 0.169 e. The summed E-state index contributed by atoms with van der Waals surface area (Å²) < 4.78 is 5.94. The maximum absolute atomic E-state index is 9.03. The molecule has 0 unspecified atom stereocenters. The molecule has 0 aliphatic carbocycles. The highest BCUT2D eigenvalue weighted by molar-refractivity contribution is 5.39. The third-order valence-electron chi connectivity index (χ3n) is 5.00. The molecule has 0 saturated carbocycles. The Morgan fingerprint density at radius 2 is 1.89 bits per heavy atom. The van der Waals surface area contributed by atoms with Gasteiger partial charge in [0.15, 0.2) is 5.57 Å². The van der Waals surface area contributed by atoms with Gasteiger partial charge in [-0.15, -0.1) is 0 Å². The molecule has 0 radical (unpaired) electrons. The third kappa shape index (κ3) is 5.24. The van der Waals surface area contributed by atoms with Gasteiger partial charge < -0.3 is 24.9 Å². The molecule has 1 aromatic rings. The quantitative estimate of drug-likeness (QED) is 0.523. The summed E-state index contributed by atoms with van der Waals surface area (Å²) in [5.74, 6) is 2.59. The predicted octanol–water partition coefficient (Wildman–Crippen LogP) is 0.281. The van der Waals surface area contributed by atoms with E-state index in [4.69, 9.17) is 14.9 Å². The van der Waals surface area contributed by atoms with Crippen molar-refractivity contribution in [2.24, 2.45) is 0 Å². The van der Waals surface area contributed by atoms with Gasteiger partial charge in [0.2, 0.25) is 0 Å². The number of rotatable bonds is 7. The molecule has 0 aromatic carbocycles. The minimum atomic E-state index is 0.145. The first-order valence-corrected chi connectivity index (χ1v) is 9.42. The normalized spacial score (nSPS) is 18.2. The Kier molecular flexibility index (Phi) is 6.72. The number of nitrogens with one attached hydrogen (secondary N) is 2. The average molecular weight is 369 g/mol. The first-order chi connectivity index (χ1) is 13.2. The summed E-state index contributed by atoms with van der Waals surface area (Å²) in [6.07, 6.45) is 0. The summed E-state index contributed by atoms with van der Waals surface area (Å²) in [5.41, 5.74) is 0.145. The van der Waals surface area contributed by atoms with E-state index in [1.165, 1.54) is 0 Å². The van der Waals surface area contributed by atoms with Crippen molar-refractivity contribution in [1.82, 2.24) is 25.3 Å². The van der Waals surface area contributed by atoms with Gasteiger partial charge in [0.1, 0.15) is 29.5 Å². The summed E-state index contributed by atoms with van der Waals surface area (Å²) in [4.78, 5) is 6.81. The number of hydrogen-bond donors (Lipinski definition) is 2. The maximum atomic E-state index is 9.03. The van der Waals surface area contributed by atoms with Crippen LogP contribution < -0.4 is 10.6 Å². The van der Waals surface area contributed by atoms with Gasteiger partial charge in [0, 0.05) is 52.4 Å². The molecule has 0 amide bonds. The lowest BCUT2D eigenvalue weighted by atomic mass is 10.3. The molecule has 27 heavy (non-hydrogen) atoms. The topological polar surface area (TPSA) is 94.5 Å². The minimum Gasteiger partial charge on any atom is -0.463 e. The first-order valence-electron chi connectivity index (χ1n) is 9.42. The van der Waals surface area contributed by atoms with Crippen LogP contribution in [0.15, 0.2) is 27.9 Å². The van der Waals surface area contributed by atoms with Crippen LogP contribution in [0.25, 0.3) is 0 Å². The van der Waals surface area contributed by atoms with Crippen molar-refractivity contribution in [3.63, 3.8) is 0 Å². The number of nitriles is 2. The van der Waals surface area contributed by atoms with Crippen molar-refractivity contribution in [2.45, 2.75) is 13.1 Å². The number of allylic oxidation sites excluding steroid dienone is 1. The summed E-state index contributed by atoms with van der Waals surface area (Å²) in [7, 11) is 2.16. The van der Waals surface area contributed by atoms with Crippen molar-refractivity contribution < 1.29 is 4.42 Å². The molecule has 144 valence electrons. The number of nitrogens with zero attached hydrogens (tertiary/aromatic N) is 5. The summed E-state index contributed by atoms with van der Waals surface area (Å²) in [6, 6.07) is 8.00. The van der Waals surface area contributed by atoms with Crippen molar-refractivity contribution in [2.75, 3.05) is 59.4 Å². The first kappa shape index (κ1) is 19.2. The lowest BCUT2D eigenvalue weighted by Gasteiger charge is -2.31. The standard InChI is InChI=1S/C19H27N7O/c1-24-8-10-25(11-9-24)15-18-3-2-17(27-18)14-22-4-6-26-7-5-23-19(26)16(12-20)13-21/h2-3,22-23H,4-11,14-15H2,1H3. The van der Waals surface area contributed by atoms with Gasteiger partial charge in [-0.1, -0.05) is 0 Å². The van der Waals surface area contributed by atoms with Gasteiger partial charge in [-0.25, -0.2) is 0 Å². The zero-order chi connectivity index (χ0) is 19.1. The lowest BCUT2D eigenvalue weighted by Crippen LogP contribution is -2.43. The fraction of sp³-hybridized carbons (Fsp3) is 0.579. The van der Waals surface area contributed by atoms with E-state index < -0.39 is 0 Å². The van der Waals surface area contributed by atoms with E-state index in [1.54, 1.807) is 0 Å². The second kappa shape index (κ2) is 9.43. The fourth-order valence-corrected chi connectivity index (χ4v) is 3.39. The molecular weight excluding hydrogens is 342 g/mol. The second-order valence-corrected chi connectivity index (χ2v) is 6.99. The van der Waals surface area contributed by atoms with Gasteiger partial charge in [-0.2, -0.15) is 10.5 Å². The van der Waals surface area contributed by atoms with E-state index in [-0.39, 0.29) is 5.57 Å². The minimum absolute atomic E-state index is 0.145. The van der Waals surface area contributed by atoms with E-state index >= 15 is 0 Å². The van der Waals surface area contributed by atoms with Crippen LogP contribution in [0.2, 0.25) is 0 Å². The van der Waals surface area contributed by atoms with Crippen LogP contribution in [0.5, 0.6) is 0 Å². The van der Waals surface area contributed by atoms with E-state index in [0.29, 0.717) is 12.4 Å². The van der Waals surface area contributed by atoms with Crippen LogP contribution in [-0.2, 0) is 13.1 Å². The van der Waals surface area contributed by atoms with E-state index in [1.807, 2.05) is 23.1 Å². The molecule has 3 rings (SSSR count). The molecule has 2 aliphatic heterocycles. The summed E-state index contributed by atoms with van der Waals surface area (Å²) in [5, 5.41) is 24.5. The van der Waals surface area contributed by atoms with Crippen LogP contribution in [0.3, 0.4) is 0 Å². The summed E-state index contributed by atoms with van der Waals surface area (Å²) in [6.45, 7) is 8.98. The molecule has 0 spiro atoms. The molecule has 8 heteroatoms. The van der Waals surface area contributed by atoms with Crippen LogP contribution in [0, 0.1) is 22.7 Å². The lowest BCUT2D eigenvalue weighted by molar-refractivity contribution is 0.139. The van der Waals surface area contributed by atoms with Crippen molar-refractivity contribution in [1.29, 1.82) is 10.5 Å². The molecule has 8 nitrogen and oxygen atoms in total. The van der Waals surface area contributed by atoms with Crippen LogP contribution in [-0.4, -0.2) is 74.1 Å². The molecule has 2 saturated heterocycles. The largest absolute Gasteiger partial charge is 0.463 e. The highest BCUT2D eigenvalue weighted by Gasteiger charge is 2.20. The van der Waals surface area contributed by atoms with Gasteiger partial charge in [0.25, 0.3) is 0 Å². The van der Waals surface area contributed by atoms with E-state index in [2.05, 4.69) is 33.5 Å². The van der Waals surface area contributed by atoms with E-state index in [0.717, 1.165) is 70.4 Å². The Bertz CT molecular complexity index is 718. The second-order valence-electron chi connectivity index (χ2n) is 6.99. The monoisotopic (exact) mass is 369 g/mol. The Morgan fingerprint density at radius 1 is 1.15 bits per heavy atom. The Labute approximate surface area is 160 Å². The number of likely N-dealkylation sites (N-methyl/N-ethyl adjacent to an activating group) is 1. The molecule has 0 atom stereocenters. The number of furan rings is 1. The van der Waals surface area contributed by atoms with Crippen molar-refractivity contribution in [3.8, 4) is 12.1 Å². The van der Waals surface area contributed by atoms with Crippen LogP contribution >= 0.6 is 0 Å². The Balaban J connectivity index is 1.40.